The zero-order valence-corrected chi connectivity index (χ0v) is 14.7. The minimum atomic E-state index is -0.0877. The molecule has 0 atom stereocenters. The number of hydrogen-bond donors (Lipinski definition) is 1. The van der Waals surface area contributed by atoms with Crippen molar-refractivity contribution < 1.29 is 4.79 Å². The molecule has 0 bridgehead atoms. The summed E-state index contributed by atoms with van der Waals surface area (Å²) in [5, 5.41) is 7.68. The fourth-order valence-electron chi connectivity index (χ4n) is 2.16. The van der Waals surface area contributed by atoms with Gasteiger partial charge in [-0.05, 0) is 29.2 Å². The Kier molecular flexibility index (Phi) is 4.53. The van der Waals surface area contributed by atoms with Gasteiger partial charge in [0.1, 0.15) is 0 Å². The first-order chi connectivity index (χ1) is 11.4. The van der Waals surface area contributed by atoms with Crippen molar-refractivity contribution in [3.63, 3.8) is 0 Å². The van der Waals surface area contributed by atoms with Crippen LogP contribution in [0.15, 0.2) is 47.9 Å². The summed E-state index contributed by atoms with van der Waals surface area (Å²) in [6.45, 7) is 6.48. The molecule has 7 heteroatoms. The molecule has 3 aromatic rings. The van der Waals surface area contributed by atoms with E-state index in [-0.39, 0.29) is 17.1 Å². The monoisotopic (exact) mass is 341 g/mol. The number of carbonyl (C=O) groups is 1. The van der Waals surface area contributed by atoms with Crippen molar-refractivity contribution in [1.29, 1.82) is 0 Å². The third-order valence-electron chi connectivity index (χ3n) is 3.46. The van der Waals surface area contributed by atoms with Crippen molar-refractivity contribution in [2.45, 2.75) is 31.3 Å². The van der Waals surface area contributed by atoms with Gasteiger partial charge in [-0.15, -0.1) is 5.10 Å². The Morgan fingerprint density at radius 3 is 2.67 bits per heavy atom. The van der Waals surface area contributed by atoms with Gasteiger partial charge in [0.2, 0.25) is 11.1 Å². The highest BCUT2D eigenvalue weighted by molar-refractivity contribution is 7.99. The second-order valence-electron chi connectivity index (χ2n) is 6.42. The predicted octanol–water partition coefficient (Wildman–Crippen LogP) is 3.15. The normalized spacial score (nSPS) is 11.6. The highest BCUT2D eigenvalue weighted by atomic mass is 32.2. The van der Waals surface area contributed by atoms with Gasteiger partial charge < -0.3 is 5.32 Å². The number of aromatic nitrogens is 4. The lowest BCUT2D eigenvalue weighted by Gasteiger charge is -2.19. The van der Waals surface area contributed by atoms with Crippen LogP contribution >= 0.6 is 11.8 Å². The number of carbonyl (C=O) groups excluding carboxylic acids is 1. The molecule has 0 fully saturated rings. The van der Waals surface area contributed by atoms with Crippen molar-refractivity contribution >= 4 is 29.1 Å². The molecule has 1 N–H and O–H groups in total. The van der Waals surface area contributed by atoms with Crippen LogP contribution < -0.4 is 5.32 Å². The van der Waals surface area contributed by atoms with Gasteiger partial charge in [0.15, 0.2) is 0 Å². The van der Waals surface area contributed by atoms with Gasteiger partial charge in [-0.1, -0.05) is 44.7 Å². The molecule has 0 spiro atoms. The van der Waals surface area contributed by atoms with E-state index in [4.69, 9.17) is 0 Å². The maximum absolute atomic E-state index is 12.1. The maximum Gasteiger partial charge on any atom is 0.253 e. The Bertz CT molecular complexity index is 818. The highest BCUT2D eigenvalue weighted by Gasteiger charge is 2.13. The van der Waals surface area contributed by atoms with Crippen LogP contribution in [0.2, 0.25) is 0 Å². The van der Waals surface area contributed by atoms with Crippen LogP contribution in [0.4, 0.5) is 5.69 Å². The molecule has 0 saturated carbocycles. The van der Waals surface area contributed by atoms with Crippen LogP contribution in [-0.2, 0) is 10.2 Å². The first kappa shape index (κ1) is 16.4. The lowest BCUT2D eigenvalue weighted by Crippen LogP contribution is -2.15. The average Bonchev–Trinajstić information content (AvgIpc) is 2.95. The lowest BCUT2D eigenvalue weighted by atomic mass is 9.87. The number of thioether (sulfide) groups is 1. The van der Waals surface area contributed by atoms with Crippen molar-refractivity contribution in [2.24, 2.45) is 0 Å². The number of hydrogen-bond acceptors (Lipinski definition) is 5. The quantitative estimate of drug-likeness (QED) is 0.738. The second-order valence-corrected chi connectivity index (χ2v) is 7.37. The van der Waals surface area contributed by atoms with E-state index in [1.807, 2.05) is 24.3 Å². The molecule has 2 aromatic heterocycles. The van der Waals surface area contributed by atoms with E-state index in [9.17, 15) is 4.79 Å². The maximum atomic E-state index is 12.1. The summed E-state index contributed by atoms with van der Waals surface area (Å²) in [6.07, 6.45) is 3.43. The number of anilines is 1. The van der Waals surface area contributed by atoms with Crippen LogP contribution in [0.25, 0.3) is 5.78 Å². The van der Waals surface area contributed by atoms with Crippen LogP contribution in [0.1, 0.15) is 26.3 Å². The Morgan fingerprint density at radius 2 is 2.00 bits per heavy atom. The topological polar surface area (TPSA) is 72.2 Å². The average molecular weight is 341 g/mol. The number of benzene rings is 1. The molecule has 1 amide bonds. The SMILES string of the molecule is CC(C)(C)c1ccc(NC(=O)CSc2nc3ncccn3n2)cc1. The number of amides is 1. The van der Waals surface area contributed by atoms with Crippen LogP contribution in [-0.4, -0.2) is 31.2 Å². The van der Waals surface area contributed by atoms with Gasteiger partial charge in [0, 0.05) is 18.1 Å². The zero-order chi connectivity index (χ0) is 17.2. The summed E-state index contributed by atoms with van der Waals surface area (Å²) in [6, 6.07) is 9.72. The van der Waals surface area contributed by atoms with Gasteiger partial charge in [0.05, 0.1) is 5.75 Å². The number of nitrogens with one attached hydrogen (secondary N) is 1. The molecule has 0 saturated heterocycles. The predicted molar refractivity (Wildman–Crippen MR) is 95.3 cm³/mol. The standard InChI is InChI=1S/C17H19N5OS/c1-17(2,3)12-5-7-13(8-6-12)19-14(23)11-24-16-20-15-18-9-4-10-22(15)21-16/h4-10H,11H2,1-3H3,(H,19,23). The second kappa shape index (κ2) is 6.60. The molecule has 0 aliphatic heterocycles. The lowest BCUT2D eigenvalue weighted by molar-refractivity contribution is -0.113. The zero-order valence-electron chi connectivity index (χ0n) is 13.9. The van der Waals surface area contributed by atoms with Gasteiger partial charge in [-0.25, -0.2) is 9.50 Å². The first-order valence-electron chi connectivity index (χ1n) is 7.62. The molecule has 0 aliphatic rings. The molecule has 0 unspecified atom stereocenters. The van der Waals surface area contributed by atoms with E-state index in [2.05, 4.69) is 41.2 Å². The van der Waals surface area contributed by atoms with Crippen LogP contribution in [0.3, 0.4) is 0 Å². The van der Waals surface area contributed by atoms with Crippen molar-refractivity contribution in [3.05, 3.63) is 48.3 Å². The summed E-state index contributed by atoms with van der Waals surface area (Å²) in [4.78, 5) is 20.4. The molecule has 6 nitrogen and oxygen atoms in total. The third kappa shape index (κ3) is 3.91. The number of nitrogens with zero attached hydrogens (tertiary/aromatic N) is 4. The van der Waals surface area contributed by atoms with Crippen LogP contribution in [0, 0.1) is 0 Å². The summed E-state index contributed by atoms with van der Waals surface area (Å²) >= 11 is 1.29. The van der Waals surface area contributed by atoms with Crippen LogP contribution in [0.5, 0.6) is 0 Å². The molecule has 0 aliphatic carbocycles. The van der Waals surface area contributed by atoms with E-state index in [1.54, 1.807) is 23.0 Å². The molecule has 0 radical (unpaired) electrons. The molecular formula is C17H19N5OS. The van der Waals surface area contributed by atoms with Gasteiger partial charge in [-0.3, -0.25) is 4.79 Å². The number of rotatable bonds is 4. The van der Waals surface area contributed by atoms with E-state index in [0.717, 1.165) is 5.69 Å². The molecular weight excluding hydrogens is 322 g/mol. The molecule has 2 heterocycles. The van der Waals surface area contributed by atoms with Gasteiger partial charge in [-0.2, -0.15) is 4.98 Å². The highest BCUT2D eigenvalue weighted by Crippen LogP contribution is 2.23. The summed E-state index contributed by atoms with van der Waals surface area (Å²) in [7, 11) is 0. The third-order valence-corrected chi connectivity index (χ3v) is 4.30. The fourth-order valence-corrected chi connectivity index (χ4v) is 2.78. The minimum absolute atomic E-state index is 0.0877. The number of fused-ring (bicyclic) bond motifs is 1. The Balaban J connectivity index is 1.57. The Morgan fingerprint density at radius 1 is 1.25 bits per heavy atom. The summed E-state index contributed by atoms with van der Waals surface area (Å²) < 4.78 is 1.59. The smallest absolute Gasteiger partial charge is 0.253 e. The summed E-state index contributed by atoms with van der Waals surface area (Å²) in [5.41, 5.74) is 2.12. The van der Waals surface area contributed by atoms with Crippen molar-refractivity contribution in [1.82, 2.24) is 19.6 Å². The Labute approximate surface area is 144 Å². The summed E-state index contributed by atoms with van der Waals surface area (Å²) in [5.74, 6) is 0.686. The first-order valence-corrected chi connectivity index (χ1v) is 8.61. The van der Waals surface area contributed by atoms with E-state index in [0.29, 0.717) is 10.9 Å². The minimum Gasteiger partial charge on any atom is -0.325 e. The Hall–Kier alpha value is -2.41. The molecule has 3 rings (SSSR count). The largest absolute Gasteiger partial charge is 0.325 e. The fraction of sp³-hybridized carbons (Fsp3) is 0.294. The van der Waals surface area contributed by atoms with Gasteiger partial charge >= 0.3 is 0 Å². The molecule has 124 valence electrons. The molecule has 24 heavy (non-hydrogen) atoms. The van der Waals surface area contributed by atoms with Crippen molar-refractivity contribution in [2.75, 3.05) is 11.1 Å². The van der Waals surface area contributed by atoms with E-state index < -0.39 is 0 Å². The van der Waals surface area contributed by atoms with Crippen molar-refractivity contribution in [3.8, 4) is 0 Å². The van der Waals surface area contributed by atoms with Gasteiger partial charge in [0.25, 0.3) is 5.78 Å². The van der Waals surface area contributed by atoms with E-state index in [1.165, 1.54) is 17.3 Å². The molecule has 1 aromatic carbocycles. The van der Waals surface area contributed by atoms with E-state index >= 15 is 0 Å².